The minimum absolute atomic E-state index is 0.0139. The molecule has 6 rings (SSSR count). The maximum atomic E-state index is 11.9. The molecular weight excluding hydrogens is 733 g/mol. The van der Waals surface area contributed by atoms with Crippen LogP contribution in [0.3, 0.4) is 0 Å². The molecule has 2 aromatic rings. The lowest BCUT2D eigenvalue weighted by Crippen LogP contribution is -2.58. The van der Waals surface area contributed by atoms with Crippen LogP contribution in [0.2, 0.25) is 0 Å². The van der Waals surface area contributed by atoms with Gasteiger partial charge in [0.05, 0.1) is 76.0 Å². The number of quaternary nitrogens is 1. The number of carbonyl (C=O) groups is 1. The number of pyridine rings is 2. The van der Waals surface area contributed by atoms with Gasteiger partial charge in [0.25, 0.3) is 11.1 Å². The standard InChI is InChI=1S/C17H20N2O2.C17H18N2O.C8H18N2O4S/c1-5-12-11-8-14-13(6-7-15(19-14)21-4)17(12,18-3)9-10(2)16(11)20;1-5-13-12-8-11(2)10-17(13,18-3)14-6-7-16(20-4)19-15(14)9-12;1-5-10(6-2,7-3)15(12,13)9-8(11)14-4/h5-7,10-11,16,20H,8-9H2,1-2,4H3;5-8,12H,9-10H2,1-2,4H3;5-7H2,1-4H3/p+1/b12-5+;13-5+;/t10?,11-,16-,17?;12-,17?;/m11./s1. The zero-order valence-electron chi connectivity index (χ0n) is 34.3. The van der Waals surface area contributed by atoms with Gasteiger partial charge in [-0.3, -0.25) is 4.85 Å². The third-order valence-corrected chi connectivity index (χ3v) is 14.3. The van der Waals surface area contributed by atoms with Gasteiger partial charge >= 0.3 is 16.3 Å². The smallest absolute Gasteiger partial charge is 0.424 e. The maximum Gasteiger partial charge on any atom is 0.424 e. The Bertz CT molecular complexity index is 2070. The van der Waals surface area contributed by atoms with Crippen molar-refractivity contribution >= 4 is 16.3 Å². The first-order valence-electron chi connectivity index (χ1n) is 19.1. The summed E-state index contributed by atoms with van der Waals surface area (Å²) >= 11 is 0. The van der Waals surface area contributed by atoms with Crippen molar-refractivity contribution in [2.45, 2.75) is 91.3 Å². The Balaban J connectivity index is 0.000000190. The lowest BCUT2D eigenvalue weighted by atomic mass is 9.58. The molecule has 0 saturated heterocycles. The molecule has 0 radical (unpaired) electrons. The Labute approximate surface area is 332 Å². The molecule has 0 aromatic carbocycles. The van der Waals surface area contributed by atoms with Crippen molar-refractivity contribution in [3.05, 3.63) is 105 Å². The number of amides is 1. The van der Waals surface area contributed by atoms with Crippen molar-refractivity contribution in [3.8, 4) is 11.8 Å². The third kappa shape index (κ3) is 7.67. The van der Waals surface area contributed by atoms with Gasteiger partial charge in [-0.2, -0.15) is 13.1 Å². The molecule has 2 N–H and O–H groups in total. The molecule has 302 valence electrons. The van der Waals surface area contributed by atoms with E-state index in [2.05, 4.69) is 43.5 Å². The van der Waals surface area contributed by atoms with Crippen LogP contribution in [0.1, 0.15) is 83.8 Å². The van der Waals surface area contributed by atoms with E-state index in [1.54, 1.807) is 35.0 Å². The predicted octanol–water partition coefficient (Wildman–Crippen LogP) is 6.86. The van der Waals surface area contributed by atoms with Crippen LogP contribution in [0, 0.1) is 30.9 Å². The highest BCUT2D eigenvalue weighted by Gasteiger charge is 2.58. The van der Waals surface area contributed by atoms with Crippen molar-refractivity contribution in [1.82, 2.24) is 14.7 Å². The molecule has 3 unspecified atom stereocenters. The molecule has 4 aliphatic rings. The molecule has 2 heterocycles. The van der Waals surface area contributed by atoms with Crippen molar-refractivity contribution in [2.24, 2.45) is 17.8 Å². The van der Waals surface area contributed by atoms with Crippen molar-refractivity contribution < 1.29 is 36.4 Å². The van der Waals surface area contributed by atoms with Gasteiger partial charge in [0.1, 0.15) is 0 Å². The lowest BCUT2D eigenvalue weighted by molar-refractivity contribution is -0.801. The summed E-state index contributed by atoms with van der Waals surface area (Å²) in [6.07, 6.45) is 8.03. The van der Waals surface area contributed by atoms with Crippen LogP contribution >= 0.6 is 0 Å². The van der Waals surface area contributed by atoms with Gasteiger partial charge in [0.2, 0.25) is 11.8 Å². The number of carbonyl (C=O) groups excluding carboxylic acids is 1. The summed E-state index contributed by atoms with van der Waals surface area (Å²) in [7, 11) is 0.620. The van der Waals surface area contributed by atoms with Crippen molar-refractivity contribution in [3.63, 3.8) is 0 Å². The fourth-order valence-electron chi connectivity index (χ4n) is 9.15. The van der Waals surface area contributed by atoms with Crippen molar-refractivity contribution in [1.29, 1.82) is 0 Å². The molecule has 13 nitrogen and oxygen atoms in total. The number of nitrogens with zero attached hydrogens (tertiary/aromatic N) is 5. The summed E-state index contributed by atoms with van der Waals surface area (Å²) in [4.78, 5) is 28.1. The number of aliphatic hydroxyl groups excluding tert-OH is 1. The number of fused-ring (bicyclic) bond motifs is 8. The minimum atomic E-state index is -3.73. The Morgan fingerprint density at radius 1 is 0.929 bits per heavy atom. The molecule has 1 saturated carbocycles. The zero-order chi connectivity index (χ0) is 41.6. The summed E-state index contributed by atoms with van der Waals surface area (Å²) in [6, 6.07) is 7.70. The summed E-state index contributed by atoms with van der Waals surface area (Å²) in [5.41, 5.74) is 6.34. The van der Waals surface area contributed by atoms with Gasteiger partial charge in [-0.15, -0.1) is 0 Å². The van der Waals surface area contributed by atoms with E-state index in [9.17, 15) is 18.3 Å². The average Bonchev–Trinajstić information content (AvgIpc) is 3.19. The Morgan fingerprint density at radius 3 is 1.91 bits per heavy atom. The van der Waals surface area contributed by atoms with Gasteiger partial charge in [-0.25, -0.2) is 31.8 Å². The van der Waals surface area contributed by atoms with Crippen LogP contribution in [0.15, 0.2) is 59.2 Å². The first kappa shape index (κ1) is 44.0. The molecule has 4 aliphatic carbocycles. The molecule has 1 amide bonds. The highest BCUT2D eigenvalue weighted by molar-refractivity contribution is 7.84. The second-order valence-electron chi connectivity index (χ2n) is 14.7. The Kier molecular flexibility index (Phi) is 13.8. The monoisotopic (exact) mass is 789 g/mol. The van der Waals surface area contributed by atoms with Gasteiger partial charge in [-0.1, -0.05) is 30.7 Å². The lowest BCUT2D eigenvalue weighted by Gasteiger charge is -2.45. The van der Waals surface area contributed by atoms with E-state index < -0.39 is 33.5 Å². The Hall–Kier alpha value is -4.76. The number of methoxy groups -OCH3 is 3. The van der Waals surface area contributed by atoms with E-state index in [0.29, 0.717) is 50.2 Å². The molecule has 0 aliphatic heterocycles. The maximum absolute atomic E-state index is 11.9. The van der Waals surface area contributed by atoms with Gasteiger partial charge < -0.3 is 24.2 Å². The quantitative estimate of drug-likeness (QED) is 0.175. The highest BCUT2D eigenvalue weighted by atomic mass is 32.2. The molecule has 2 aromatic heterocycles. The fraction of sp³-hybridized carbons (Fsp3) is 0.548. The third-order valence-electron chi connectivity index (χ3n) is 12.1. The van der Waals surface area contributed by atoms with Gasteiger partial charge in [0.15, 0.2) is 0 Å². The van der Waals surface area contributed by atoms with Crippen molar-refractivity contribution in [2.75, 3.05) is 41.0 Å². The number of hydrogen-bond acceptors (Lipinski definition) is 9. The first-order chi connectivity index (χ1) is 26.6. The minimum Gasteiger partial charge on any atom is -0.481 e. The van der Waals surface area contributed by atoms with E-state index in [0.717, 1.165) is 48.0 Å². The highest BCUT2D eigenvalue weighted by Crippen LogP contribution is 2.55. The van der Waals surface area contributed by atoms with E-state index in [4.69, 9.17) is 22.6 Å². The van der Waals surface area contributed by atoms with Crippen LogP contribution in [0.4, 0.5) is 4.79 Å². The SMILES string of the molecule is CC[N+](CC)(CC)S(=O)(=O)NC(=O)OC.[C-]#[N+]C12CC(C)=C[C@H](Cc3nc(OC)ccc31)/C2=C\C.[C-]#[N+]C12CC(C)[C@@H](O)[C@H](Cc3nc(OC)ccc31)/C2=C\C. The van der Waals surface area contributed by atoms with Crippen LogP contribution in [-0.2, 0) is 38.9 Å². The fourth-order valence-corrected chi connectivity index (χ4v) is 10.7. The van der Waals surface area contributed by atoms with Gasteiger partial charge in [0, 0.05) is 48.0 Å². The summed E-state index contributed by atoms with van der Waals surface area (Å²) in [6.45, 7) is 30.3. The second-order valence-corrected chi connectivity index (χ2v) is 16.6. The van der Waals surface area contributed by atoms with Gasteiger partial charge in [-0.05, 0) is 66.0 Å². The van der Waals surface area contributed by atoms with Crippen LogP contribution in [0.5, 0.6) is 11.8 Å². The number of aromatic nitrogens is 2. The second kappa shape index (κ2) is 17.6. The molecule has 4 bridgehead atoms. The Morgan fingerprint density at radius 2 is 1.45 bits per heavy atom. The summed E-state index contributed by atoms with van der Waals surface area (Å²) in [5, 5.41) is 10.5. The molecule has 6 atom stereocenters. The topological polar surface area (TPSA) is 146 Å². The molecule has 56 heavy (non-hydrogen) atoms. The molecular formula is C42H57N6O7S+. The van der Waals surface area contributed by atoms with E-state index in [1.807, 2.05) is 55.8 Å². The van der Waals surface area contributed by atoms with Crippen LogP contribution in [0.25, 0.3) is 9.69 Å². The molecule has 14 heteroatoms. The number of nitrogens with one attached hydrogen (secondary N) is 1. The number of aliphatic hydroxyl groups is 1. The normalized spacial score (nSPS) is 27.3. The largest absolute Gasteiger partial charge is 0.481 e. The van der Waals surface area contributed by atoms with E-state index >= 15 is 0 Å². The molecule has 0 spiro atoms. The number of hydrogen-bond donors (Lipinski definition) is 2. The van der Waals surface area contributed by atoms with E-state index in [-0.39, 0.29) is 15.7 Å². The first-order valence-corrected chi connectivity index (χ1v) is 20.6. The zero-order valence-corrected chi connectivity index (χ0v) is 35.2. The predicted molar refractivity (Wildman–Crippen MR) is 215 cm³/mol. The number of ether oxygens (including phenoxy) is 3. The molecule has 1 fully saturated rings. The summed E-state index contributed by atoms with van der Waals surface area (Å²) < 4.78 is 40.2. The van der Waals surface area contributed by atoms with Crippen LogP contribution in [-0.4, -0.2) is 80.5 Å². The summed E-state index contributed by atoms with van der Waals surface area (Å²) in [5.74, 6) is 1.60. The van der Waals surface area contributed by atoms with Crippen LogP contribution < -0.4 is 14.2 Å². The number of allylic oxidation sites excluding steroid dienone is 3. The number of rotatable bonds is 7. The van der Waals surface area contributed by atoms with E-state index in [1.165, 1.54) is 11.1 Å². The average molecular weight is 790 g/mol.